The van der Waals surface area contributed by atoms with Crippen LogP contribution in [0, 0.1) is 13.8 Å². The summed E-state index contributed by atoms with van der Waals surface area (Å²) in [6.45, 7) is 4.24. The molecule has 2 aromatic rings. The minimum Gasteiger partial charge on any atom is -0.326 e. The third-order valence-electron chi connectivity index (χ3n) is 2.91. The largest absolute Gasteiger partial charge is 0.326 e. The molecule has 0 aliphatic rings. The lowest BCUT2D eigenvalue weighted by Crippen LogP contribution is -2.13. The van der Waals surface area contributed by atoms with E-state index < -0.39 is 0 Å². The Hall–Kier alpha value is -2.14. The molecule has 0 aliphatic carbocycles. The first-order valence-electron chi connectivity index (χ1n) is 5.73. The average molecular weight is 244 g/mol. The Balaban J connectivity index is 2.19. The zero-order valence-corrected chi connectivity index (χ0v) is 10.4. The average Bonchev–Trinajstić information content (AvgIpc) is 2.71. The van der Waals surface area contributed by atoms with Crippen LogP contribution in [0.3, 0.4) is 0 Å². The molecule has 94 valence electrons. The Bertz CT molecular complexity index is 574. The first-order chi connectivity index (χ1) is 8.61. The van der Waals surface area contributed by atoms with E-state index in [-0.39, 0.29) is 5.91 Å². The Kier molecular flexibility index (Phi) is 3.43. The van der Waals surface area contributed by atoms with Crippen molar-refractivity contribution in [1.29, 1.82) is 0 Å². The highest BCUT2D eigenvalue weighted by Crippen LogP contribution is 2.15. The van der Waals surface area contributed by atoms with Gasteiger partial charge in [-0.3, -0.25) is 9.89 Å². The van der Waals surface area contributed by atoms with Gasteiger partial charge in [-0.2, -0.15) is 5.10 Å². The molecule has 0 bridgehead atoms. The molecule has 1 aromatic carbocycles. The van der Waals surface area contributed by atoms with Gasteiger partial charge < -0.3 is 11.1 Å². The van der Waals surface area contributed by atoms with Crippen molar-refractivity contribution >= 4 is 11.7 Å². The second-order valence-corrected chi connectivity index (χ2v) is 4.18. The zero-order chi connectivity index (χ0) is 13.1. The van der Waals surface area contributed by atoms with E-state index in [1.807, 2.05) is 26.0 Å². The minimum atomic E-state index is -0.181. The topological polar surface area (TPSA) is 83.8 Å². The molecule has 0 atom stereocenters. The molecule has 0 aliphatic heterocycles. The molecule has 1 amide bonds. The lowest BCUT2D eigenvalue weighted by Gasteiger charge is -2.04. The molecule has 2 rings (SSSR count). The fourth-order valence-corrected chi connectivity index (χ4v) is 1.63. The Morgan fingerprint density at radius 2 is 2.22 bits per heavy atom. The second kappa shape index (κ2) is 5.01. The number of carbonyl (C=O) groups excluding carboxylic acids is 1. The summed E-state index contributed by atoms with van der Waals surface area (Å²) in [5, 5.41) is 9.65. The van der Waals surface area contributed by atoms with Crippen molar-refractivity contribution in [3.05, 3.63) is 46.6 Å². The number of rotatable bonds is 3. The highest BCUT2D eigenvalue weighted by molar-refractivity contribution is 6.04. The summed E-state index contributed by atoms with van der Waals surface area (Å²) >= 11 is 0. The van der Waals surface area contributed by atoms with Crippen LogP contribution in [-0.4, -0.2) is 16.1 Å². The summed E-state index contributed by atoms with van der Waals surface area (Å²) < 4.78 is 0. The molecule has 0 radical (unpaired) electrons. The maximum absolute atomic E-state index is 12.0. The van der Waals surface area contributed by atoms with Gasteiger partial charge in [0.15, 0.2) is 5.82 Å². The van der Waals surface area contributed by atoms with Crippen LogP contribution in [0.4, 0.5) is 5.82 Å². The Morgan fingerprint density at radius 1 is 1.44 bits per heavy atom. The number of aromatic amines is 1. The number of nitrogens with zero attached hydrogens (tertiary/aromatic N) is 1. The number of nitrogens with two attached hydrogens (primary N) is 1. The zero-order valence-electron chi connectivity index (χ0n) is 10.4. The predicted molar refractivity (Wildman–Crippen MR) is 70.3 cm³/mol. The highest BCUT2D eigenvalue weighted by Gasteiger charge is 2.11. The molecule has 0 spiro atoms. The predicted octanol–water partition coefficient (Wildman–Crippen LogP) is 1.74. The number of anilines is 1. The number of amides is 1. The van der Waals surface area contributed by atoms with Crippen molar-refractivity contribution < 1.29 is 4.79 Å². The van der Waals surface area contributed by atoms with Gasteiger partial charge in [0.05, 0.1) is 0 Å². The number of H-pyrrole nitrogens is 1. The summed E-state index contributed by atoms with van der Waals surface area (Å²) in [7, 11) is 0. The van der Waals surface area contributed by atoms with Crippen LogP contribution in [-0.2, 0) is 6.54 Å². The number of nitrogens with one attached hydrogen (secondary N) is 2. The van der Waals surface area contributed by atoms with E-state index in [0.717, 1.165) is 16.8 Å². The van der Waals surface area contributed by atoms with Crippen LogP contribution in [0.5, 0.6) is 0 Å². The number of hydrogen-bond acceptors (Lipinski definition) is 3. The van der Waals surface area contributed by atoms with Gasteiger partial charge in [-0.1, -0.05) is 12.1 Å². The fourth-order valence-electron chi connectivity index (χ4n) is 1.63. The van der Waals surface area contributed by atoms with Gasteiger partial charge >= 0.3 is 0 Å². The van der Waals surface area contributed by atoms with Gasteiger partial charge in [-0.15, -0.1) is 0 Å². The van der Waals surface area contributed by atoms with Crippen LogP contribution in [0.2, 0.25) is 0 Å². The Morgan fingerprint density at radius 3 is 2.83 bits per heavy atom. The van der Waals surface area contributed by atoms with Crippen LogP contribution in [0.1, 0.15) is 27.2 Å². The quantitative estimate of drug-likeness (QED) is 0.769. The monoisotopic (exact) mass is 244 g/mol. The van der Waals surface area contributed by atoms with Gasteiger partial charge in [0.1, 0.15) is 0 Å². The van der Waals surface area contributed by atoms with E-state index >= 15 is 0 Å². The molecule has 5 nitrogen and oxygen atoms in total. The maximum Gasteiger partial charge on any atom is 0.256 e. The highest BCUT2D eigenvalue weighted by atomic mass is 16.1. The molecular formula is C13H16N4O. The van der Waals surface area contributed by atoms with E-state index in [0.29, 0.717) is 17.9 Å². The first kappa shape index (κ1) is 12.3. The summed E-state index contributed by atoms with van der Waals surface area (Å²) in [5.41, 5.74) is 8.95. The first-order valence-corrected chi connectivity index (χ1v) is 5.73. The molecule has 1 heterocycles. The summed E-state index contributed by atoms with van der Waals surface area (Å²) in [4.78, 5) is 12.0. The van der Waals surface area contributed by atoms with E-state index in [1.54, 1.807) is 12.1 Å². The number of aryl methyl sites for hydroxylation is 1. The molecular weight excluding hydrogens is 228 g/mol. The van der Waals surface area contributed by atoms with Crippen molar-refractivity contribution in [2.75, 3.05) is 5.32 Å². The molecule has 0 saturated carbocycles. The number of benzene rings is 1. The molecule has 1 aromatic heterocycles. The van der Waals surface area contributed by atoms with E-state index in [2.05, 4.69) is 15.5 Å². The van der Waals surface area contributed by atoms with Gasteiger partial charge in [0.2, 0.25) is 0 Å². The van der Waals surface area contributed by atoms with E-state index in [4.69, 9.17) is 5.73 Å². The number of aromatic nitrogens is 2. The number of carbonyl (C=O) groups is 1. The van der Waals surface area contributed by atoms with Crippen molar-refractivity contribution in [2.24, 2.45) is 5.73 Å². The third kappa shape index (κ3) is 2.41. The van der Waals surface area contributed by atoms with E-state index in [1.165, 1.54) is 0 Å². The third-order valence-corrected chi connectivity index (χ3v) is 2.91. The van der Waals surface area contributed by atoms with Crippen LogP contribution in [0.15, 0.2) is 24.3 Å². The van der Waals surface area contributed by atoms with Crippen molar-refractivity contribution in [2.45, 2.75) is 20.4 Å². The summed E-state index contributed by atoms with van der Waals surface area (Å²) in [5.74, 6) is 0.385. The normalized spacial score (nSPS) is 10.4. The lowest BCUT2D eigenvalue weighted by molar-refractivity contribution is 0.102. The van der Waals surface area contributed by atoms with Gasteiger partial charge in [-0.25, -0.2) is 0 Å². The SMILES string of the molecule is Cc1[nH]nc(NC(=O)c2cccc(CN)c2)c1C. The van der Waals surface area contributed by atoms with Crippen molar-refractivity contribution in [3.8, 4) is 0 Å². The van der Waals surface area contributed by atoms with Gasteiger partial charge in [0, 0.05) is 23.4 Å². The minimum absolute atomic E-state index is 0.181. The molecule has 4 N–H and O–H groups in total. The van der Waals surface area contributed by atoms with Crippen molar-refractivity contribution in [3.63, 3.8) is 0 Å². The standard InChI is InChI=1S/C13H16N4O/c1-8-9(2)16-17-12(8)15-13(18)11-5-3-4-10(6-11)7-14/h3-6H,7,14H2,1-2H3,(H2,15,16,17,18). The van der Waals surface area contributed by atoms with Crippen LogP contribution < -0.4 is 11.1 Å². The fraction of sp³-hybridized carbons (Fsp3) is 0.231. The molecule has 0 unspecified atom stereocenters. The lowest BCUT2D eigenvalue weighted by atomic mass is 10.1. The van der Waals surface area contributed by atoms with Crippen LogP contribution >= 0.6 is 0 Å². The summed E-state index contributed by atoms with van der Waals surface area (Å²) in [6, 6.07) is 7.24. The Labute approximate surface area is 105 Å². The number of hydrogen-bond donors (Lipinski definition) is 3. The van der Waals surface area contributed by atoms with Gasteiger partial charge in [0.25, 0.3) is 5.91 Å². The molecule has 0 fully saturated rings. The molecule has 5 heteroatoms. The van der Waals surface area contributed by atoms with Crippen LogP contribution in [0.25, 0.3) is 0 Å². The maximum atomic E-state index is 12.0. The smallest absolute Gasteiger partial charge is 0.256 e. The van der Waals surface area contributed by atoms with Crippen molar-refractivity contribution in [1.82, 2.24) is 10.2 Å². The second-order valence-electron chi connectivity index (χ2n) is 4.18. The molecule has 0 saturated heterocycles. The summed E-state index contributed by atoms with van der Waals surface area (Å²) in [6.07, 6.45) is 0. The van der Waals surface area contributed by atoms with Gasteiger partial charge in [-0.05, 0) is 31.5 Å². The van der Waals surface area contributed by atoms with E-state index in [9.17, 15) is 4.79 Å². The molecule has 18 heavy (non-hydrogen) atoms.